The zero-order valence-corrected chi connectivity index (χ0v) is 23.9. The van der Waals surface area contributed by atoms with Gasteiger partial charge in [0.15, 0.2) is 16.3 Å². The van der Waals surface area contributed by atoms with Crippen molar-refractivity contribution in [3.8, 4) is 17.2 Å². The average Bonchev–Trinajstić information content (AvgIpc) is 3.21. The molecule has 2 aromatic carbocycles. The summed E-state index contributed by atoms with van der Waals surface area (Å²) < 4.78 is 24.5. The van der Waals surface area contributed by atoms with Crippen LogP contribution in [0.1, 0.15) is 31.0 Å². The van der Waals surface area contributed by atoms with Crippen LogP contribution in [-0.2, 0) is 9.53 Å². The van der Waals surface area contributed by atoms with Gasteiger partial charge >= 0.3 is 5.97 Å². The largest absolute Gasteiger partial charge is 0.497 e. The molecular formula is C28H27BrN2O6S. The van der Waals surface area contributed by atoms with Crippen molar-refractivity contribution in [3.63, 3.8) is 0 Å². The highest BCUT2D eigenvalue weighted by molar-refractivity contribution is 9.10. The molecule has 1 unspecified atom stereocenters. The Labute approximate surface area is 232 Å². The molecule has 3 aromatic rings. The Balaban J connectivity index is 1.89. The van der Waals surface area contributed by atoms with E-state index < -0.39 is 12.0 Å². The van der Waals surface area contributed by atoms with Crippen molar-refractivity contribution in [1.82, 2.24) is 4.57 Å². The molecule has 0 aliphatic carbocycles. The van der Waals surface area contributed by atoms with E-state index in [2.05, 4.69) is 27.5 Å². The average molecular weight is 600 g/mol. The zero-order valence-electron chi connectivity index (χ0n) is 21.4. The van der Waals surface area contributed by atoms with Crippen molar-refractivity contribution < 1.29 is 23.7 Å². The van der Waals surface area contributed by atoms with Crippen molar-refractivity contribution in [2.45, 2.75) is 19.9 Å². The lowest BCUT2D eigenvalue weighted by Gasteiger charge is -2.24. The number of methoxy groups -OCH3 is 2. The Kier molecular flexibility index (Phi) is 8.53. The number of thiazole rings is 1. The number of carbonyl (C=O) groups is 1. The standard InChI is InChI=1S/C28H27BrN2O6S/c1-6-12-37-25-20(29)13-17(14-21(25)35-5)15-22-26(32)31-24(18-8-10-19(34-4)11-9-18)23(27(33)36-7-2)16(3)30-28(31)38-22/h6,8-11,13-15,24H,1,7,12H2,2-5H3. The van der Waals surface area contributed by atoms with Gasteiger partial charge in [-0.25, -0.2) is 9.79 Å². The third-order valence-corrected chi connectivity index (χ3v) is 7.42. The van der Waals surface area contributed by atoms with E-state index >= 15 is 0 Å². The van der Waals surface area contributed by atoms with Crippen LogP contribution in [0.2, 0.25) is 0 Å². The minimum atomic E-state index is -0.700. The van der Waals surface area contributed by atoms with Gasteiger partial charge < -0.3 is 18.9 Å². The van der Waals surface area contributed by atoms with Crippen LogP contribution in [-0.4, -0.2) is 38.0 Å². The summed E-state index contributed by atoms with van der Waals surface area (Å²) in [5.74, 6) is 1.21. The summed E-state index contributed by atoms with van der Waals surface area (Å²) in [5, 5.41) is 0. The number of ether oxygens (including phenoxy) is 4. The summed E-state index contributed by atoms with van der Waals surface area (Å²) in [6, 6.07) is 10.2. The quantitative estimate of drug-likeness (QED) is 0.272. The van der Waals surface area contributed by atoms with E-state index in [4.69, 9.17) is 18.9 Å². The van der Waals surface area contributed by atoms with Gasteiger partial charge in [-0.1, -0.05) is 36.1 Å². The lowest BCUT2D eigenvalue weighted by Crippen LogP contribution is -2.39. The van der Waals surface area contributed by atoms with Gasteiger partial charge in [-0.2, -0.15) is 0 Å². The molecule has 1 aliphatic rings. The van der Waals surface area contributed by atoms with Gasteiger partial charge in [-0.15, -0.1) is 0 Å². The number of esters is 1. The molecule has 0 radical (unpaired) electrons. The van der Waals surface area contributed by atoms with Gasteiger partial charge in [0.05, 0.1) is 47.1 Å². The van der Waals surface area contributed by atoms with E-state index in [-0.39, 0.29) is 12.2 Å². The summed E-state index contributed by atoms with van der Waals surface area (Å²) >= 11 is 4.78. The van der Waals surface area contributed by atoms with Crippen LogP contribution in [0.25, 0.3) is 6.08 Å². The minimum Gasteiger partial charge on any atom is -0.497 e. The third-order valence-electron chi connectivity index (χ3n) is 5.84. The highest BCUT2D eigenvalue weighted by Crippen LogP contribution is 2.37. The molecule has 0 saturated carbocycles. The van der Waals surface area contributed by atoms with Crippen molar-refractivity contribution >= 4 is 39.3 Å². The number of aromatic nitrogens is 1. The maximum atomic E-state index is 13.8. The molecule has 1 aromatic heterocycles. The fourth-order valence-electron chi connectivity index (χ4n) is 4.15. The molecule has 198 valence electrons. The molecule has 0 saturated heterocycles. The minimum absolute atomic E-state index is 0.207. The second-order valence-corrected chi connectivity index (χ2v) is 10.1. The Bertz CT molecular complexity index is 1590. The summed E-state index contributed by atoms with van der Waals surface area (Å²) in [5.41, 5.74) is 2.02. The van der Waals surface area contributed by atoms with Crippen molar-refractivity contribution in [3.05, 3.63) is 95.6 Å². The summed E-state index contributed by atoms with van der Waals surface area (Å²) in [6.07, 6.45) is 3.41. The molecule has 38 heavy (non-hydrogen) atoms. The number of fused-ring (bicyclic) bond motifs is 1. The van der Waals surface area contributed by atoms with Gasteiger partial charge in [0.1, 0.15) is 12.4 Å². The van der Waals surface area contributed by atoms with E-state index in [0.717, 1.165) is 11.1 Å². The number of rotatable bonds is 9. The van der Waals surface area contributed by atoms with E-state index in [9.17, 15) is 9.59 Å². The van der Waals surface area contributed by atoms with Crippen LogP contribution in [0.4, 0.5) is 0 Å². The van der Waals surface area contributed by atoms with Gasteiger partial charge in [0.2, 0.25) is 0 Å². The maximum absolute atomic E-state index is 13.8. The van der Waals surface area contributed by atoms with E-state index in [1.807, 2.05) is 18.2 Å². The molecule has 0 amide bonds. The molecule has 0 N–H and O–H groups in total. The maximum Gasteiger partial charge on any atom is 0.338 e. The van der Waals surface area contributed by atoms with E-state index in [1.165, 1.54) is 11.3 Å². The summed E-state index contributed by atoms with van der Waals surface area (Å²) in [6.45, 7) is 7.70. The first-order valence-electron chi connectivity index (χ1n) is 11.8. The Morgan fingerprint density at radius 3 is 2.58 bits per heavy atom. The predicted molar refractivity (Wildman–Crippen MR) is 150 cm³/mol. The first-order chi connectivity index (χ1) is 18.3. The zero-order chi connectivity index (χ0) is 27.4. The second-order valence-electron chi connectivity index (χ2n) is 8.21. The lowest BCUT2D eigenvalue weighted by atomic mass is 9.96. The van der Waals surface area contributed by atoms with Crippen LogP contribution in [0, 0.1) is 0 Å². The molecule has 4 rings (SSSR count). The number of halogens is 1. The Morgan fingerprint density at radius 1 is 1.21 bits per heavy atom. The molecular weight excluding hydrogens is 572 g/mol. The lowest BCUT2D eigenvalue weighted by molar-refractivity contribution is -0.139. The molecule has 8 nitrogen and oxygen atoms in total. The van der Waals surface area contributed by atoms with Gasteiger partial charge in [-0.3, -0.25) is 9.36 Å². The van der Waals surface area contributed by atoms with Crippen LogP contribution in [0.5, 0.6) is 17.2 Å². The first-order valence-corrected chi connectivity index (χ1v) is 13.4. The molecule has 1 aliphatic heterocycles. The Hall–Kier alpha value is -3.63. The molecule has 10 heteroatoms. The van der Waals surface area contributed by atoms with Gasteiger partial charge in [-0.05, 0) is 71.2 Å². The number of hydrogen-bond donors (Lipinski definition) is 0. The number of nitrogens with zero attached hydrogens (tertiary/aromatic N) is 2. The van der Waals surface area contributed by atoms with Crippen LogP contribution < -0.4 is 29.1 Å². The molecule has 2 heterocycles. The van der Waals surface area contributed by atoms with Gasteiger partial charge in [0, 0.05) is 0 Å². The SMILES string of the molecule is C=CCOc1c(Br)cc(C=c2sc3n(c2=O)C(c2ccc(OC)cc2)C(C(=O)OCC)=C(C)N=3)cc1OC. The van der Waals surface area contributed by atoms with Crippen LogP contribution >= 0.6 is 27.3 Å². The number of carbonyl (C=O) groups excluding carboxylic acids is 1. The fourth-order valence-corrected chi connectivity index (χ4v) is 5.77. The van der Waals surface area contributed by atoms with E-state index in [0.29, 0.717) is 48.9 Å². The van der Waals surface area contributed by atoms with E-state index in [1.54, 1.807) is 63.0 Å². The van der Waals surface area contributed by atoms with Gasteiger partial charge in [0.25, 0.3) is 5.56 Å². The number of allylic oxidation sites excluding steroid dienone is 1. The van der Waals surface area contributed by atoms with Crippen molar-refractivity contribution in [1.29, 1.82) is 0 Å². The summed E-state index contributed by atoms with van der Waals surface area (Å²) in [7, 11) is 3.13. The normalized spacial score (nSPS) is 15.0. The van der Waals surface area contributed by atoms with Crippen LogP contribution in [0.3, 0.4) is 0 Å². The first kappa shape index (κ1) is 27.4. The number of benzene rings is 2. The van der Waals surface area contributed by atoms with Crippen LogP contribution in [0.15, 0.2) is 74.6 Å². The summed E-state index contributed by atoms with van der Waals surface area (Å²) in [4.78, 5) is 31.9. The number of hydrogen-bond acceptors (Lipinski definition) is 8. The topological polar surface area (TPSA) is 88.4 Å². The fraction of sp³-hybridized carbons (Fsp3) is 0.250. The smallest absolute Gasteiger partial charge is 0.338 e. The molecule has 1 atom stereocenters. The highest BCUT2D eigenvalue weighted by atomic mass is 79.9. The molecule has 0 spiro atoms. The second kappa shape index (κ2) is 11.8. The monoisotopic (exact) mass is 598 g/mol. The van der Waals surface area contributed by atoms with Crippen molar-refractivity contribution in [2.24, 2.45) is 4.99 Å². The van der Waals surface area contributed by atoms with Crippen molar-refractivity contribution in [2.75, 3.05) is 27.4 Å². The predicted octanol–water partition coefficient (Wildman–Crippen LogP) is 4.14. The third kappa shape index (κ3) is 5.32. The highest BCUT2D eigenvalue weighted by Gasteiger charge is 2.33. The Morgan fingerprint density at radius 2 is 1.95 bits per heavy atom. The molecule has 0 bridgehead atoms. The molecule has 0 fully saturated rings.